The average Bonchev–Trinajstić information content (AvgIpc) is 3.01. The molecule has 1 aliphatic rings. The van der Waals surface area contributed by atoms with Gasteiger partial charge < -0.3 is 15.3 Å². The molecule has 0 aromatic carbocycles. The van der Waals surface area contributed by atoms with Gasteiger partial charge in [0.1, 0.15) is 0 Å². The largest absolute Gasteiger partial charge is 0.481 e. The molecule has 2 amide bonds. The van der Waals surface area contributed by atoms with E-state index in [0.717, 1.165) is 0 Å². The molecule has 22 heavy (non-hydrogen) atoms. The molecule has 6 nitrogen and oxygen atoms in total. The lowest BCUT2D eigenvalue weighted by Crippen LogP contribution is -2.48. The fraction of sp³-hybridized carbons (Fsp3) is 0.533. The Kier molecular flexibility index (Phi) is 5.18. The number of carbonyl (C=O) groups excluding carboxylic acids is 2. The maximum atomic E-state index is 12.2. The molecule has 2 rings (SSSR count). The molecule has 1 saturated heterocycles. The standard InChI is InChI=1S/C15H20N2O4S/c1-15(14(20)21)6-3-8-17(10-15)12(18)5-7-16-13(19)11-4-2-9-22-11/h2,4,9H,3,5-8,10H2,1H3,(H,16,19)(H,20,21). The Bertz CT molecular complexity index is 558. The molecule has 0 bridgehead atoms. The first-order chi connectivity index (χ1) is 10.4. The van der Waals surface area contributed by atoms with Crippen molar-refractivity contribution in [2.75, 3.05) is 19.6 Å². The molecular weight excluding hydrogens is 304 g/mol. The van der Waals surface area contributed by atoms with Crippen molar-refractivity contribution in [3.05, 3.63) is 22.4 Å². The van der Waals surface area contributed by atoms with Gasteiger partial charge in [-0.3, -0.25) is 14.4 Å². The van der Waals surface area contributed by atoms with E-state index in [1.54, 1.807) is 24.0 Å². The second-order valence-corrected chi connectivity index (χ2v) is 6.72. The molecule has 120 valence electrons. The lowest BCUT2D eigenvalue weighted by molar-refractivity contribution is -0.153. The van der Waals surface area contributed by atoms with Gasteiger partial charge in [0.05, 0.1) is 10.3 Å². The van der Waals surface area contributed by atoms with Crippen molar-refractivity contribution < 1.29 is 19.5 Å². The topological polar surface area (TPSA) is 86.7 Å². The molecule has 1 aromatic rings. The van der Waals surface area contributed by atoms with Crippen LogP contribution in [0.4, 0.5) is 0 Å². The van der Waals surface area contributed by atoms with E-state index >= 15 is 0 Å². The van der Waals surface area contributed by atoms with Crippen LogP contribution >= 0.6 is 11.3 Å². The number of nitrogens with one attached hydrogen (secondary N) is 1. The highest BCUT2D eigenvalue weighted by atomic mass is 32.1. The summed E-state index contributed by atoms with van der Waals surface area (Å²) in [7, 11) is 0. The number of aliphatic carboxylic acids is 1. The van der Waals surface area contributed by atoms with Crippen LogP contribution in [-0.4, -0.2) is 47.4 Å². The molecule has 1 aromatic heterocycles. The van der Waals surface area contributed by atoms with Gasteiger partial charge in [-0.2, -0.15) is 0 Å². The zero-order chi connectivity index (χ0) is 16.2. The van der Waals surface area contributed by atoms with E-state index in [0.29, 0.717) is 24.3 Å². The summed E-state index contributed by atoms with van der Waals surface area (Å²) in [5, 5.41) is 13.8. The number of nitrogens with zero attached hydrogens (tertiary/aromatic N) is 1. The molecule has 2 N–H and O–H groups in total. The molecule has 0 radical (unpaired) electrons. The second kappa shape index (κ2) is 6.91. The predicted octanol–water partition coefficient (Wildman–Crippen LogP) is 1.58. The van der Waals surface area contributed by atoms with Crippen molar-refractivity contribution in [3.8, 4) is 0 Å². The third-order valence-corrected chi connectivity index (χ3v) is 4.80. The van der Waals surface area contributed by atoms with E-state index in [1.807, 2.05) is 5.38 Å². The number of carboxylic acid groups (broad SMARTS) is 1. The predicted molar refractivity (Wildman–Crippen MR) is 82.8 cm³/mol. The summed E-state index contributed by atoms with van der Waals surface area (Å²) >= 11 is 1.35. The summed E-state index contributed by atoms with van der Waals surface area (Å²) in [5.41, 5.74) is -0.867. The van der Waals surface area contributed by atoms with Crippen molar-refractivity contribution in [2.45, 2.75) is 26.2 Å². The number of carboxylic acids is 1. The number of carbonyl (C=O) groups is 3. The third-order valence-electron chi connectivity index (χ3n) is 3.93. The van der Waals surface area contributed by atoms with Crippen molar-refractivity contribution in [1.29, 1.82) is 0 Å². The average molecular weight is 324 g/mol. The van der Waals surface area contributed by atoms with Crippen LogP contribution in [0, 0.1) is 5.41 Å². The smallest absolute Gasteiger partial charge is 0.311 e. The quantitative estimate of drug-likeness (QED) is 0.861. The van der Waals surface area contributed by atoms with E-state index in [2.05, 4.69) is 5.32 Å². The summed E-state index contributed by atoms with van der Waals surface area (Å²) in [4.78, 5) is 37.4. The van der Waals surface area contributed by atoms with Gasteiger partial charge >= 0.3 is 5.97 Å². The van der Waals surface area contributed by atoms with Crippen molar-refractivity contribution in [1.82, 2.24) is 10.2 Å². The van der Waals surface area contributed by atoms with Gasteiger partial charge in [-0.1, -0.05) is 6.07 Å². The minimum Gasteiger partial charge on any atom is -0.481 e. The van der Waals surface area contributed by atoms with E-state index in [1.165, 1.54) is 11.3 Å². The molecule has 1 fully saturated rings. The fourth-order valence-electron chi connectivity index (χ4n) is 2.56. The third kappa shape index (κ3) is 3.85. The minimum absolute atomic E-state index is 0.112. The molecule has 1 aliphatic heterocycles. The molecule has 1 atom stereocenters. The van der Waals surface area contributed by atoms with Gasteiger partial charge in [-0.25, -0.2) is 0 Å². The number of piperidine rings is 1. The van der Waals surface area contributed by atoms with Crippen LogP contribution in [0.1, 0.15) is 35.9 Å². The number of likely N-dealkylation sites (tertiary alicyclic amines) is 1. The lowest BCUT2D eigenvalue weighted by atomic mass is 9.82. The van der Waals surface area contributed by atoms with Gasteiger partial charge in [0.25, 0.3) is 5.91 Å². The highest BCUT2D eigenvalue weighted by Gasteiger charge is 2.39. The molecule has 0 spiro atoms. The van der Waals surface area contributed by atoms with Crippen LogP contribution in [-0.2, 0) is 9.59 Å². The van der Waals surface area contributed by atoms with Crippen LogP contribution in [0.5, 0.6) is 0 Å². The second-order valence-electron chi connectivity index (χ2n) is 5.77. The number of rotatable bonds is 5. The molecule has 0 aliphatic carbocycles. The first-order valence-corrected chi connectivity index (χ1v) is 8.13. The van der Waals surface area contributed by atoms with Crippen LogP contribution < -0.4 is 5.32 Å². The van der Waals surface area contributed by atoms with Crippen LogP contribution in [0.3, 0.4) is 0 Å². The van der Waals surface area contributed by atoms with Crippen LogP contribution in [0.15, 0.2) is 17.5 Å². The van der Waals surface area contributed by atoms with Gasteiger partial charge in [0.15, 0.2) is 0 Å². The van der Waals surface area contributed by atoms with Gasteiger partial charge in [-0.15, -0.1) is 11.3 Å². The summed E-state index contributed by atoms with van der Waals surface area (Å²) < 4.78 is 0. The zero-order valence-corrected chi connectivity index (χ0v) is 13.3. The minimum atomic E-state index is -0.867. The van der Waals surface area contributed by atoms with Crippen LogP contribution in [0.25, 0.3) is 0 Å². The fourth-order valence-corrected chi connectivity index (χ4v) is 3.20. The Labute approximate surface area is 133 Å². The lowest BCUT2D eigenvalue weighted by Gasteiger charge is -2.37. The van der Waals surface area contributed by atoms with Crippen molar-refractivity contribution >= 4 is 29.1 Å². The van der Waals surface area contributed by atoms with E-state index in [-0.39, 0.29) is 31.3 Å². The molecule has 7 heteroatoms. The van der Waals surface area contributed by atoms with E-state index in [4.69, 9.17) is 0 Å². The monoisotopic (exact) mass is 324 g/mol. The zero-order valence-electron chi connectivity index (χ0n) is 12.5. The normalized spacial score (nSPS) is 21.4. The van der Waals surface area contributed by atoms with Crippen molar-refractivity contribution in [3.63, 3.8) is 0 Å². The molecule has 0 saturated carbocycles. The number of hydrogen-bond acceptors (Lipinski definition) is 4. The summed E-state index contributed by atoms with van der Waals surface area (Å²) in [6.45, 7) is 2.75. The molecule has 1 unspecified atom stereocenters. The Morgan fingerprint density at radius 2 is 2.23 bits per heavy atom. The number of amides is 2. The maximum Gasteiger partial charge on any atom is 0.311 e. The van der Waals surface area contributed by atoms with Gasteiger partial charge in [0.2, 0.25) is 5.91 Å². The van der Waals surface area contributed by atoms with E-state index < -0.39 is 11.4 Å². The van der Waals surface area contributed by atoms with Crippen LogP contribution in [0.2, 0.25) is 0 Å². The van der Waals surface area contributed by atoms with Crippen molar-refractivity contribution in [2.24, 2.45) is 5.41 Å². The molecule has 2 heterocycles. The highest BCUT2D eigenvalue weighted by Crippen LogP contribution is 2.29. The molecular formula is C15H20N2O4S. The summed E-state index contributed by atoms with van der Waals surface area (Å²) in [5.74, 6) is -1.16. The first-order valence-electron chi connectivity index (χ1n) is 7.25. The Balaban J connectivity index is 1.80. The maximum absolute atomic E-state index is 12.2. The Morgan fingerprint density at radius 3 is 2.86 bits per heavy atom. The Hall–Kier alpha value is -1.89. The van der Waals surface area contributed by atoms with E-state index in [9.17, 15) is 19.5 Å². The Morgan fingerprint density at radius 1 is 1.45 bits per heavy atom. The van der Waals surface area contributed by atoms with Gasteiger partial charge in [-0.05, 0) is 31.2 Å². The summed E-state index contributed by atoms with van der Waals surface area (Å²) in [6.07, 6.45) is 1.46. The highest BCUT2D eigenvalue weighted by molar-refractivity contribution is 7.12. The van der Waals surface area contributed by atoms with Gasteiger partial charge in [0, 0.05) is 26.1 Å². The summed E-state index contributed by atoms with van der Waals surface area (Å²) in [6, 6.07) is 3.52. The first kappa shape index (κ1) is 16.5. The SMILES string of the molecule is CC1(C(=O)O)CCCN(C(=O)CCNC(=O)c2cccs2)C1. The number of hydrogen-bond donors (Lipinski definition) is 2. The number of thiophene rings is 1.